The van der Waals surface area contributed by atoms with Crippen molar-refractivity contribution < 1.29 is 8.78 Å². The van der Waals surface area contributed by atoms with Crippen molar-refractivity contribution in [1.82, 2.24) is 0 Å². The van der Waals surface area contributed by atoms with E-state index in [0.29, 0.717) is 0 Å². The lowest BCUT2D eigenvalue weighted by molar-refractivity contribution is 0.555. The van der Waals surface area contributed by atoms with E-state index in [0.717, 1.165) is 11.3 Å². The van der Waals surface area contributed by atoms with Crippen LogP contribution in [0, 0.1) is 25.5 Å². The van der Waals surface area contributed by atoms with Crippen molar-refractivity contribution in [1.29, 1.82) is 0 Å². The maximum absolute atomic E-state index is 13.8. The van der Waals surface area contributed by atoms with Gasteiger partial charge in [-0.2, -0.15) is 0 Å². The zero-order valence-corrected chi connectivity index (χ0v) is 12.3. The summed E-state index contributed by atoms with van der Waals surface area (Å²) in [6, 6.07) is 8.46. The van der Waals surface area contributed by atoms with Gasteiger partial charge in [-0.15, -0.1) is 0 Å². The molecule has 0 bridgehead atoms. The molecule has 1 nitrogen and oxygen atoms in total. The molecule has 0 fully saturated rings. The first-order valence-electron chi connectivity index (χ1n) is 5.92. The van der Waals surface area contributed by atoms with Gasteiger partial charge in [0.2, 0.25) is 0 Å². The molecule has 4 heteroatoms. The van der Waals surface area contributed by atoms with Gasteiger partial charge in [-0.1, -0.05) is 6.07 Å². The second-order valence-electron chi connectivity index (χ2n) is 4.47. The predicted molar refractivity (Wildman–Crippen MR) is 77.3 cm³/mol. The molecule has 0 aliphatic rings. The molecule has 0 saturated heterocycles. The van der Waals surface area contributed by atoms with Crippen LogP contribution in [0.3, 0.4) is 0 Å². The van der Waals surface area contributed by atoms with E-state index >= 15 is 0 Å². The molecule has 0 aromatic heterocycles. The van der Waals surface area contributed by atoms with Crippen LogP contribution in [0.1, 0.15) is 16.7 Å². The van der Waals surface area contributed by atoms with Crippen LogP contribution in [0.15, 0.2) is 34.8 Å². The average Bonchev–Trinajstić information content (AvgIpc) is 2.38. The van der Waals surface area contributed by atoms with E-state index in [-0.39, 0.29) is 16.6 Å². The normalized spacial score (nSPS) is 10.6. The Morgan fingerprint density at radius 1 is 1.05 bits per heavy atom. The minimum atomic E-state index is -0.559. The van der Waals surface area contributed by atoms with Gasteiger partial charge in [-0.25, -0.2) is 8.78 Å². The highest BCUT2D eigenvalue weighted by molar-refractivity contribution is 9.10. The molecule has 0 atom stereocenters. The Morgan fingerprint density at radius 2 is 1.79 bits per heavy atom. The first-order valence-corrected chi connectivity index (χ1v) is 6.72. The summed E-state index contributed by atoms with van der Waals surface area (Å²) in [5.74, 6) is -1.10. The Hall–Kier alpha value is -1.42. The van der Waals surface area contributed by atoms with Crippen molar-refractivity contribution in [2.75, 3.05) is 5.32 Å². The maximum atomic E-state index is 13.8. The van der Waals surface area contributed by atoms with Gasteiger partial charge in [0.1, 0.15) is 11.6 Å². The molecular weight excluding hydrogens is 312 g/mol. The predicted octanol–water partition coefficient (Wildman–Crippen LogP) is 4.96. The molecule has 2 aromatic rings. The Bertz CT molecular complexity index is 611. The Morgan fingerprint density at radius 3 is 2.47 bits per heavy atom. The summed E-state index contributed by atoms with van der Waals surface area (Å²) >= 11 is 3.06. The largest absolute Gasteiger partial charge is 0.381 e. The third kappa shape index (κ3) is 3.13. The molecule has 0 amide bonds. The van der Waals surface area contributed by atoms with E-state index in [1.165, 1.54) is 17.7 Å². The third-order valence-electron chi connectivity index (χ3n) is 3.12. The van der Waals surface area contributed by atoms with E-state index in [1.54, 1.807) is 0 Å². The summed E-state index contributed by atoms with van der Waals surface area (Å²) in [6.45, 7) is 4.13. The molecule has 2 aromatic carbocycles. The number of halogens is 3. The Kier molecular flexibility index (Phi) is 4.20. The van der Waals surface area contributed by atoms with Crippen molar-refractivity contribution in [2.45, 2.75) is 20.4 Å². The fourth-order valence-electron chi connectivity index (χ4n) is 1.77. The summed E-state index contributed by atoms with van der Waals surface area (Å²) in [4.78, 5) is 0. The number of rotatable bonds is 3. The molecule has 0 aliphatic carbocycles. The molecular formula is C15H14BrF2N. The minimum Gasteiger partial charge on any atom is -0.381 e. The van der Waals surface area contributed by atoms with Crippen LogP contribution in [-0.2, 0) is 6.54 Å². The molecule has 0 radical (unpaired) electrons. The van der Waals surface area contributed by atoms with Crippen LogP contribution >= 0.6 is 15.9 Å². The number of benzene rings is 2. The highest BCUT2D eigenvalue weighted by Crippen LogP contribution is 2.23. The summed E-state index contributed by atoms with van der Waals surface area (Å²) in [5, 5.41) is 3.04. The number of anilines is 1. The maximum Gasteiger partial charge on any atom is 0.145 e. The SMILES string of the molecule is Cc1ccc(NCc2c(F)ccc(Br)c2F)cc1C. The number of hydrogen-bond acceptors (Lipinski definition) is 1. The van der Waals surface area contributed by atoms with Gasteiger partial charge in [0.25, 0.3) is 0 Å². The van der Waals surface area contributed by atoms with Gasteiger partial charge in [-0.05, 0) is 65.2 Å². The van der Waals surface area contributed by atoms with Crippen LogP contribution in [0.25, 0.3) is 0 Å². The topological polar surface area (TPSA) is 12.0 Å². The molecule has 100 valence electrons. The summed E-state index contributed by atoms with van der Waals surface area (Å²) in [7, 11) is 0. The highest BCUT2D eigenvalue weighted by Gasteiger charge is 2.11. The molecule has 0 heterocycles. The number of aryl methyl sites for hydroxylation is 2. The zero-order chi connectivity index (χ0) is 14.0. The highest BCUT2D eigenvalue weighted by atomic mass is 79.9. The number of hydrogen-bond donors (Lipinski definition) is 1. The lowest BCUT2D eigenvalue weighted by Gasteiger charge is -2.11. The fourth-order valence-corrected chi connectivity index (χ4v) is 2.14. The molecule has 0 aliphatic heterocycles. The van der Waals surface area contributed by atoms with Gasteiger partial charge in [0.15, 0.2) is 0 Å². The molecule has 19 heavy (non-hydrogen) atoms. The standard InChI is InChI=1S/C15H14BrF2N/c1-9-3-4-11(7-10(9)2)19-8-12-14(17)6-5-13(16)15(12)18/h3-7,19H,8H2,1-2H3. The van der Waals surface area contributed by atoms with Gasteiger partial charge in [-0.3, -0.25) is 0 Å². The van der Waals surface area contributed by atoms with Gasteiger partial charge < -0.3 is 5.32 Å². The molecule has 0 unspecified atom stereocenters. The molecule has 2 rings (SSSR count). The summed E-state index contributed by atoms with van der Waals surface area (Å²) < 4.78 is 27.6. The minimum absolute atomic E-state index is 0.0348. The quantitative estimate of drug-likeness (QED) is 0.787. The van der Waals surface area contributed by atoms with E-state index < -0.39 is 11.6 Å². The van der Waals surface area contributed by atoms with Crippen LogP contribution in [0.2, 0.25) is 0 Å². The second-order valence-corrected chi connectivity index (χ2v) is 5.33. The fraction of sp³-hybridized carbons (Fsp3) is 0.200. The first kappa shape index (κ1) is 14.0. The summed E-state index contributed by atoms with van der Waals surface area (Å²) in [5.41, 5.74) is 3.21. The van der Waals surface area contributed by atoms with Crippen molar-refractivity contribution >= 4 is 21.6 Å². The lowest BCUT2D eigenvalue weighted by Crippen LogP contribution is -2.05. The second kappa shape index (κ2) is 5.70. The summed E-state index contributed by atoms with van der Waals surface area (Å²) in [6.07, 6.45) is 0. The molecule has 1 N–H and O–H groups in total. The van der Waals surface area contributed by atoms with Gasteiger partial charge in [0, 0.05) is 17.8 Å². The zero-order valence-electron chi connectivity index (χ0n) is 10.7. The smallest absolute Gasteiger partial charge is 0.145 e. The molecule has 0 saturated carbocycles. The lowest BCUT2D eigenvalue weighted by atomic mass is 10.1. The van der Waals surface area contributed by atoms with E-state index in [9.17, 15) is 8.78 Å². The van der Waals surface area contributed by atoms with E-state index in [2.05, 4.69) is 21.2 Å². The van der Waals surface area contributed by atoms with Crippen LogP contribution in [0.5, 0.6) is 0 Å². The number of nitrogens with one attached hydrogen (secondary N) is 1. The Labute approximate surface area is 119 Å². The first-order chi connectivity index (χ1) is 8.99. The molecule has 0 spiro atoms. The van der Waals surface area contributed by atoms with Gasteiger partial charge >= 0.3 is 0 Å². The van der Waals surface area contributed by atoms with Crippen molar-refractivity contribution in [3.05, 3.63) is 63.1 Å². The van der Waals surface area contributed by atoms with E-state index in [4.69, 9.17) is 0 Å². The Balaban J connectivity index is 2.19. The van der Waals surface area contributed by atoms with Crippen LogP contribution < -0.4 is 5.32 Å². The van der Waals surface area contributed by atoms with Gasteiger partial charge in [0.05, 0.1) is 4.47 Å². The monoisotopic (exact) mass is 325 g/mol. The average molecular weight is 326 g/mol. The van der Waals surface area contributed by atoms with Crippen LogP contribution in [0.4, 0.5) is 14.5 Å². The third-order valence-corrected chi connectivity index (χ3v) is 3.73. The van der Waals surface area contributed by atoms with E-state index in [1.807, 2.05) is 32.0 Å². The van der Waals surface area contributed by atoms with Crippen molar-refractivity contribution in [2.24, 2.45) is 0 Å². The van der Waals surface area contributed by atoms with Crippen LogP contribution in [-0.4, -0.2) is 0 Å². The van der Waals surface area contributed by atoms with Crippen molar-refractivity contribution in [3.63, 3.8) is 0 Å². The van der Waals surface area contributed by atoms with Crippen molar-refractivity contribution in [3.8, 4) is 0 Å².